The van der Waals surface area contributed by atoms with E-state index in [1.54, 1.807) is 19.1 Å². The van der Waals surface area contributed by atoms with Crippen molar-refractivity contribution in [2.24, 2.45) is 0 Å². The number of carbonyl (C=O) groups excluding carboxylic acids is 1. The van der Waals surface area contributed by atoms with Gasteiger partial charge in [0.05, 0.1) is 15.9 Å². The van der Waals surface area contributed by atoms with E-state index in [2.05, 4.69) is 15.3 Å². The third-order valence-corrected chi connectivity index (χ3v) is 6.20. The Hall–Kier alpha value is -3.17. The van der Waals surface area contributed by atoms with E-state index in [1.165, 1.54) is 35.2 Å². The molecule has 0 fully saturated rings. The molecule has 0 aliphatic rings. The van der Waals surface area contributed by atoms with Gasteiger partial charge in [-0.1, -0.05) is 18.2 Å². The van der Waals surface area contributed by atoms with E-state index in [0.29, 0.717) is 5.13 Å². The summed E-state index contributed by atoms with van der Waals surface area (Å²) in [5, 5.41) is 16.7. The number of fused-ring (bicyclic) bond motifs is 1. The van der Waals surface area contributed by atoms with Crippen LogP contribution < -0.4 is 5.32 Å². The lowest BCUT2D eigenvalue weighted by Gasteiger charge is -2.10. The molecule has 7 nitrogen and oxygen atoms in total. The fraction of sp³-hybridized carbons (Fsp3) is 0.100. The second-order valence-electron chi connectivity index (χ2n) is 6.29. The first-order valence-corrected chi connectivity index (χ1v) is 10.5. The summed E-state index contributed by atoms with van der Waals surface area (Å²) in [6.07, 6.45) is 1.92. The molecule has 0 aliphatic heterocycles. The fourth-order valence-electron chi connectivity index (χ4n) is 2.85. The minimum Gasteiger partial charge on any atom is -0.360 e. The topological polar surface area (TPSA) is 101 Å². The summed E-state index contributed by atoms with van der Waals surface area (Å²) in [5.41, 5.74) is 2.86. The zero-order chi connectivity index (χ0) is 20.4. The first-order valence-electron chi connectivity index (χ1n) is 8.75. The molecule has 146 valence electrons. The van der Waals surface area contributed by atoms with Crippen LogP contribution in [0.4, 0.5) is 10.8 Å². The summed E-state index contributed by atoms with van der Waals surface area (Å²) < 4.78 is 0. The molecule has 0 saturated carbocycles. The van der Waals surface area contributed by atoms with Crippen molar-refractivity contribution in [1.29, 1.82) is 0 Å². The van der Waals surface area contributed by atoms with E-state index in [4.69, 9.17) is 0 Å². The first kappa shape index (κ1) is 19.2. The molecule has 9 heteroatoms. The number of non-ortho nitro benzene ring substituents is 1. The lowest BCUT2D eigenvalue weighted by molar-refractivity contribution is -0.384. The van der Waals surface area contributed by atoms with Gasteiger partial charge in [-0.2, -0.15) is 0 Å². The molecule has 0 aliphatic carbocycles. The highest BCUT2D eigenvalue weighted by atomic mass is 32.2. The fourth-order valence-corrected chi connectivity index (χ4v) is 4.43. The van der Waals surface area contributed by atoms with Crippen LogP contribution in [0.3, 0.4) is 0 Å². The zero-order valence-corrected chi connectivity index (χ0v) is 16.9. The van der Waals surface area contributed by atoms with Crippen molar-refractivity contribution < 1.29 is 9.72 Å². The third-order valence-electron chi connectivity index (χ3n) is 4.33. The molecule has 2 aromatic heterocycles. The van der Waals surface area contributed by atoms with Crippen LogP contribution in [0.2, 0.25) is 0 Å². The number of para-hydroxylation sites is 1. The number of thioether (sulfide) groups is 1. The van der Waals surface area contributed by atoms with Gasteiger partial charge in [0.2, 0.25) is 5.91 Å². The normalized spacial score (nSPS) is 12.0. The molecule has 0 bridgehead atoms. The number of hydrogen-bond donors (Lipinski definition) is 2. The second-order valence-corrected chi connectivity index (χ2v) is 8.56. The molecular formula is C20H16N4O3S2. The molecule has 29 heavy (non-hydrogen) atoms. The van der Waals surface area contributed by atoms with E-state index in [-0.39, 0.29) is 16.8 Å². The second kappa shape index (κ2) is 8.06. The molecule has 1 atom stereocenters. The molecule has 1 amide bonds. The van der Waals surface area contributed by atoms with Crippen LogP contribution in [0.25, 0.3) is 22.2 Å². The van der Waals surface area contributed by atoms with Crippen LogP contribution in [0.15, 0.2) is 65.0 Å². The number of rotatable bonds is 6. The maximum absolute atomic E-state index is 12.5. The summed E-state index contributed by atoms with van der Waals surface area (Å²) in [6.45, 7) is 1.79. The van der Waals surface area contributed by atoms with Crippen molar-refractivity contribution in [2.45, 2.75) is 17.1 Å². The summed E-state index contributed by atoms with van der Waals surface area (Å²) in [5.74, 6) is -0.173. The molecule has 0 radical (unpaired) electrons. The van der Waals surface area contributed by atoms with Gasteiger partial charge < -0.3 is 10.3 Å². The van der Waals surface area contributed by atoms with Crippen LogP contribution in [0, 0.1) is 10.1 Å². The van der Waals surface area contributed by atoms with Gasteiger partial charge in [-0.25, -0.2) is 4.98 Å². The molecule has 2 heterocycles. The van der Waals surface area contributed by atoms with Crippen LogP contribution in [0.5, 0.6) is 0 Å². The number of aromatic nitrogens is 2. The number of hydrogen-bond acceptors (Lipinski definition) is 6. The first-order chi connectivity index (χ1) is 14.0. The predicted octanol–water partition coefficient (Wildman–Crippen LogP) is 5.32. The number of H-pyrrole nitrogens is 1. The van der Waals surface area contributed by atoms with Gasteiger partial charge in [0, 0.05) is 45.1 Å². The summed E-state index contributed by atoms with van der Waals surface area (Å²) >= 11 is 2.71. The molecule has 2 N–H and O–H groups in total. The number of anilines is 1. The Kier molecular flexibility index (Phi) is 5.32. The lowest BCUT2D eigenvalue weighted by atomic mass is 10.1. The number of thiazole rings is 1. The number of nitrogens with zero attached hydrogens (tertiary/aromatic N) is 2. The Bertz CT molecular complexity index is 1180. The Labute approximate surface area is 174 Å². The number of benzene rings is 2. The van der Waals surface area contributed by atoms with Gasteiger partial charge in [-0.3, -0.25) is 14.9 Å². The Balaban J connectivity index is 1.43. The maximum atomic E-state index is 12.5. The minimum absolute atomic E-state index is 0.0269. The predicted molar refractivity (Wildman–Crippen MR) is 116 cm³/mol. The van der Waals surface area contributed by atoms with Crippen LogP contribution in [0.1, 0.15) is 6.92 Å². The third kappa shape index (κ3) is 4.15. The van der Waals surface area contributed by atoms with Crippen LogP contribution in [-0.2, 0) is 4.79 Å². The number of amides is 1. The number of nitro benzene ring substituents is 1. The average molecular weight is 425 g/mol. The highest BCUT2D eigenvalue weighted by Crippen LogP contribution is 2.31. The average Bonchev–Trinajstić information content (AvgIpc) is 3.35. The molecule has 2 aromatic carbocycles. The minimum atomic E-state index is -0.446. The SMILES string of the molecule is CC(Sc1ccc([N+](=O)[O-])cc1)C(=O)Nc1nc(-c2c[nH]c3ccccc23)cs1. The van der Waals surface area contributed by atoms with Gasteiger partial charge in [0.1, 0.15) is 0 Å². The maximum Gasteiger partial charge on any atom is 0.269 e. The Morgan fingerprint density at radius 2 is 2.00 bits per heavy atom. The zero-order valence-electron chi connectivity index (χ0n) is 15.3. The highest BCUT2D eigenvalue weighted by molar-refractivity contribution is 8.00. The summed E-state index contributed by atoms with van der Waals surface area (Å²) in [7, 11) is 0. The quantitative estimate of drug-likeness (QED) is 0.248. The van der Waals surface area contributed by atoms with E-state index < -0.39 is 4.92 Å². The molecular weight excluding hydrogens is 408 g/mol. The Morgan fingerprint density at radius 3 is 2.76 bits per heavy atom. The Morgan fingerprint density at radius 1 is 1.24 bits per heavy atom. The molecule has 4 aromatic rings. The van der Waals surface area contributed by atoms with E-state index in [1.807, 2.05) is 35.8 Å². The molecule has 0 saturated heterocycles. The van der Waals surface area contributed by atoms with E-state index in [0.717, 1.165) is 27.1 Å². The largest absolute Gasteiger partial charge is 0.360 e. The molecule has 1 unspecified atom stereocenters. The lowest BCUT2D eigenvalue weighted by Crippen LogP contribution is -2.22. The van der Waals surface area contributed by atoms with Crippen LogP contribution >= 0.6 is 23.1 Å². The van der Waals surface area contributed by atoms with Crippen molar-refractivity contribution in [3.63, 3.8) is 0 Å². The molecule has 4 rings (SSSR count). The highest BCUT2D eigenvalue weighted by Gasteiger charge is 2.17. The van der Waals surface area contributed by atoms with Gasteiger partial charge >= 0.3 is 0 Å². The molecule has 0 spiro atoms. The van der Waals surface area contributed by atoms with Crippen molar-refractivity contribution in [3.8, 4) is 11.3 Å². The van der Waals surface area contributed by atoms with E-state index in [9.17, 15) is 14.9 Å². The monoisotopic (exact) mass is 424 g/mol. The number of aromatic amines is 1. The number of nitro groups is 1. The van der Waals surface area contributed by atoms with Crippen LogP contribution in [-0.4, -0.2) is 26.0 Å². The van der Waals surface area contributed by atoms with Gasteiger partial charge in [0.15, 0.2) is 5.13 Å². The van der Waals surface area contributed by atoms with Crippen molar-refractivity contribution in [1.82, 2.24) is 9.97 Å². The number of nitrogens with one attached hydrogen (secondary N) is 2. The van der Waals surface area contributed by atoms with Gasteiger partial charge in [-0.05, 0) is 25.1 Å². The summed E-state index contributed by atoms with van der Waals surface area (Å²) in [6, 6.07) is 14.1. The van der Waals surface area contributed by atoms with Gasteiger partial charge in [-0.15, -0.1) is 23.1 Å². The van der Waals surface area contributed by atoms with Crippen molar-refractivity contribution in [2.75, 3.05) is 5.32 Å². The van der Waals surface area contributed by atoms with Gasteiger partial charge in [0.25, 0.3) is 5.69 Å². The van der Waals surface area contributed by atoms with Crippen molar-refractivity contribution in [3.05, 3.63) is 70.2 Å². The standard InChI is InChI=1S/C20H16N4O3S2/c1-12(29-14-8-6-13(7-9-14)24(26)27)19(25)23-20-22-18(11-28-20)16-10-21-17-5-3-2-4-15(16)17/h2-12,21H,1H3,(H,22,23,25). The number of carbonyl (C=O) groups is 1. The van der Waals surface area contributed by atoms with Crippen molar-refractivity contribution >= 4 is 50.7 Å². The summed E-state index contributed by atoms with van der Waals surface area (Å²) in [4.78, 5) is 31.4. The smallest absolute Gasteiger partial charge is 0.269 e. The van der Waals surface area contributed by atoms with E-state index >= 15 is 0 Å².